The first-order valence-corrected chi connectivity index (χ1v) is 8.72. The summed E-state index contributed by atoms with van der Waals surface area (Å²) in [6.45, 7) is 5.80. The van der Waals surface area contributed by atoms with E-state index in [1.165, 1.54) is 10.5 Å². The van der Waals surface area contributed by atoms with Crippen molar-refractivity contribution in [3.8, 4) is 5.69 Å². The number of hydrogen-bond donors (Lipinski definition) is 2. The third kappa shape index (κ3) is 4.62. The zero-order chi connectivity index (χ0) is 19.3. The van der Waals surface area contributed by atoms with Crippen LogP contribution in [0.15, 0.2) is 30.5 Å². The number of amides is 2. The quantitative estimate of drug-likeness (QED) is 0.795. The highest BCUT2D eigenvalue weighted by Crippen LogP contribution is 2.22. The maximum Gasteiger partial charge on any atom is 0.321 e. The van der Waals surface area contributed by atoms with Crippen LogP contribution in [0.5, 0.6) is 0 Å². The van der Waals surface area contributed by atoms with E-state index in [-0.39, 0.29) is 12.6 Å². The van der Waals surface area contributed by atoms with E-state index in [1.807, 2.05) is 35.9 Å². The van der Waals surface area contributed by atoms with Crippen molar-refractivity contribution in [3.63, 3.8) is 0 Å². The fourth-order valence-corrected chi connectivity index (χ4v) is 2.65. The number of aliphatic carboxylic acids is 1. The average molecular weight is 358 g/mol. The van der Waals surface area contributed by atoms with Crippen molar-refractivity contribution in [3.05, 3.63) is 41.7 Å². The summed E-state index contributed by atoms with van der Waals surface area (Å²) in [6.07, 6.45) is 3.31. The van der Waals surface area contributed by atoms with Gasteiger partial charge in [-0.15, -0.1) is 0 Å². The van der Waals surface area contributed by atoms with E-state index in [4.69, 9.17) is 5.11 Å². The highest BCUT2D eigenvalue weighted by Gasteiger charge is 2.19. The van der Waals surface area contributed by atoms with Gasteiger partial charge in [-0.05, 0) is 25.5 Å². The molecule has 0 aliphatic carbocycles. The summed E-state index contributed by atoms with van der Waals surface area (Å²) in [4.78, 5) is 24.7. The van der Waals surface area contributed by atoms with Gasteiger partial charge in [-0.2, -0.15) is 5.10 Å². The molecule has 1 unspecified atom stereocenters. The van der Waals surface area contributed by atoms with Crippen molar-refractivity contribution in [2.45, 2.75) is 33.6 Å². The molecule has 7 heteroatoms. The number of nitrogens with zero attached hydrogens (tertiary/aromatic N) is 3. The van der Waals surface area contributed by atoms with Crippen LogP contribution in [0.4, 0.5) is 10.5 Å². The summed E-state index contributed by atoms with van der Waals surface area (Å²) in [6, 6.07) is 7.68. The number of carbonyl (C=O) groups excluding carboxylic acids is 1. The topological polar surface area (TPSA) is 87.5 Å². The molecule has 0 saturated heterocycles. The molecule has 1 aromatic heterocycles. The first kappa shape index (κ1) is 19.5. The largest absolute Gasteiger partial charge is 0.481 e. The fraction of sp³-hybridized carbons (Fsp3) is 0.421. The number of nitrogens with one attached hydrogen (secondary N) is 1. The van der Waals surface area contributed by atoms with Crippen molar-refractivity contribution in [1.29, 1.82) is 0 Å². The second-order valence-corrected chi connectivity index (χ2v) is 6.55. The molecule has 2 rings (SSSR count). The first-order valence-electron chi connectivity index (χ1n) is 8.72. The lowest BCUT2D eigenvalue weighted by atomic mass is 10.2. The zero-order valence-electron chi connectivity index (χ0n) is 15.7. The van der Waals surface area contributed by atoms with Gasteiger partial charge in [0.05, 0.1) is 29.2 Å². The van der Waals surface area contributed by atoms with E-state index in [9.17, 15) is 9.59 Å². The Hall–Kier alpha value is -2.83. The number of rotatable bonds is 7. The van der Waals surface area contributed by atoms with Crippen LogP contribution in [0, 0.1) is 12.8 Å². The number of urea groups is 1. The van der Waals surface area contributed by atoms with Crippen LogP contribution in [0.3, 0.4) is 0 Å². The number of aromatic nitrogens is 2. The number of carboxylic acid groups (broad SMARTS) is 1. The van der Waals surface area contributed by atoms with Gasteiger partial charge < -0.3 is 15.3 Å². The van der Waals surface area contributed by atoms with Gasteiger partial charge in [-0.1, -0.05) is 38.0 Å². The molecule has 0 bridgehead atoms. The number of carboxylic acids is 1. The van der Waals surface area contributed by atoms with E-state index >= 15 is 0 Å². The normalized spacial score (nSPS) is 11.8. The highest BCUT2D eigenvalue weighted by molar-refractivity contribution is 5.90. The van der Waals surface area contributed by atoms with E-state index < -0.39 is 11.9 Å². The molecule has 7 nitrogen and oxygen atoms in total. The molecule has 0 aliphatic heterocycles. The van der Waals surface area contributed by atoms with Crippen molar-refractivity contribution >= 4 is 17.7 Å². The maximum absolute atomic E-state index is 12.4. The Labute approximate surface area is 153 Å². The van der Waals surface area contributed by atoms with E-state index in [1.54, 1.807) is 20.2 Å². The molecule has 0 spiro atoms. The van der Waals surface area contributed by atoms with E-state index in [0.29, 0.717) is 5.69 Å². The van der Waals surface area contributed by atoms with Crippen LogP contribution >= 0.6 is 0 Å². The second-order valence-electron chi connectivity index (χ2n) is 6.55. The minimum absolute atomic E-state index is 0.135. The monoisotopic (exact) mass is 358 g/mol. The molecule has 0 aliphatic rings. The van der Waals surface area contributed by atoms with Crippen LogP contribution in [-0.4, -0.2) is 45.4 Å². The van der Waals surface area contributed by atoms with Gasteiger partial charge in [-0.25, -0.2) is 9.48 Å². The van der Waals surface area contributed by atoms with Crippen molar-refractivity contribution in [2.24, 2.45) is 5.92 Å². The SMILES string of the molecule is CCCc1c(NC(=O)N(C)CC(C)C(=O)O)cnn1-c1ccc(C)cc1. The lowest BCUT2D eigenvalue weighted by Crippen LogP contribution is -2.36. The van der Waals surface area contributed by atoms with Gasteiger partial charge in [0.25, 0.3) is 0 Å². The molecule has 1 aromatic carbocycles. The number of carbonyl (C=O) groups is 2. The molecule has 0 fully saturated rings. The Kier molecular flexibility index (Phi) is 6.38. The van der Waals surface area contributed by atoms with E-state index in [0.717, 1.165) is 24.2 Å². The molecule has 2 aromatic rings. The second kappa shape index (κ2) is 8.51. The minimum Gasteiger partial charge on any atom is -0.481 e. The third-order valence-electron chi connectivity index (χ3n) is 4.19. The zero-order valence-corrected chi connectivity index (χ0v) is 15.7. The summed E-state index contributed by atoms with van der Waals surface area (Å²) in [5.41, 5.74) is 3.67. The Bertz CT molecular complexity index is 768. The fourth-order valence-electron chi connectivity index (χ4n) is 2.65. The van der Waals surface area contributed by atoms with Crippen molar-refractivity contribution in [1.82, 2.24) is 14.7 Å². The molecule has 0 saturated carbocycles. The van der Waals surface area contributed by atoms with Crippen LogP contribution in [0.1, 0.15) is 31.5 Å². The summed E-state index contributed by atoms with van der Waals surface area (Å²) in [7, 11) is 1.58. The Morgan fingerprint density at radius 3 is 2.54 bits per heavy atom. The molecule has 26 heavy (non-hydrogen) atoms. The average Bonchev–Trinajstić information content (AvgIpc) is 2.98. The maximum atomic E-state index is 12.4. The number of anilines is 1. The van der Waals surface area contributed by atoms with E-state index in [2.05, 4.69) is 17.3 Å². The standard InChI is InChI=1S/C19H26N4O3/c1-5-6-17-16(21-19(26)22(4)12-14(3)18(24)25)11-20-23(17)15-9-7-13(2)8-10-15/h7-11,14H,5-6,12H2,1-4H3,(H,21,26)(H,24,25). The molecule has 1 atom stereocenters. The first-order chi connectivity index (χ1) is 12.3. The van der Waals surface area contributed by atoms with Crippen LogP contribution in [0.2, 0.25) is 0 Å². The van der Waals surface area contributed by atoms with Gasteiger partial charge in [0.1, 0.15) is 0 Å². The predicted octanol–water partition coefficient (Wildman–Crippen LogP) is 3.32. The predicted molar refractivity (Wildman–Crippen MR) is 101 cm³/mol. The molecule has 0 radical (unpaired) electrons. The molecule has 2 N–H and O–H groups in total. The van der Waals surface area contributed by atoms with Gasteiger partial charge in [-0.3, -0.25) is 4.79 Å². The smallest absolute Gasteiger partial charge is 0.321 e. The van der Waals surface area contributed by atoms with Crippen LogP contribution in [-0.2, 0) is 11.2 Å². The van der Waals surface area contributed by atoms with Gasteiger partial charge in [0.15, 0.2) is 0 Å². The summed E-state index contributed by atoms with van der Waals surface area (Å²) >= 11 is 0. The van der Waals surface area contributed by atoms with Crippen LogP contribution < -0.4 is 5.32 Å². The lowest BCUT2D eigenvalue weighted by Gasteiger charge is -2.20. The molecular formula is C19H26N4O3. The number of benzene rings is 1. The number of aryl methyl sites for hydroxylation is 1. The Morgan fingerprint density at radius 1 is 1.31 bits per heavy atom. The summed E-state index contributed by atoms with van der Waals surface area (Å²) in [5, 5.41) is 16.3. The summed E-state index contributed by atoms with van der Waals surface area (Å²) < 4.78 is 1.83. The molecule has 140 valence electrons. The van der Waals surface area contributed by atoms with Gasteiger partial charge >= 0.3 is 12.0 Å². The molecular weight excluding hydrogens is 332 g/mol. The van der Waals surface area contributed by atoms with Gasteiger partial charge in [0.2, 0.25) is 0 Å². The number of hydrogen-bond acceptors (Lipinski definition) is 3. The highest BCUT2D eigenvalue weighted by atomic mass is 16.4. The summed E-state index contributed by atoms with van der Waals surface area (Å²) in [5.74, 6) is -1.56. The third-order valence-corrected chi connectivity index (χ3v) is 4.19. The van der Waals surface area contributed by atoms with Crippen molar-refractivity contribution < 1.29 is 14.7 Å². The van der Waals surface area contributed by atoms with Gasteiger partial charge in [0, 0.05) is 13.6 Å². The Morgan fingerprint density at radius 2 is 1.96 bits per heavy atom. The van der Waals surface area contributed by atoms with Crippen molar-refractivity contribution in [2.75, 3.05) is 18.9 Å². The molecule has 2 amide bonds. The Balaban J connectivity index is 2.20. The van der Waals surface area contributed by atoms with Crippen LogP contribution in [0.25, 0.3) is 5.69 Å². The minimum atomic E-state index is -0.927. The molecule has 1 heterocycles. The lowest BCUT2D eigenvalue weighted by molar-refractivity contribution is -0.141.